The standard InChI is InChI=1S/C71H93ClN18O12/c1-39(2)32-55(64(97)85-54(17-10-30-79-71(76)77)69(102)90-31-11-18-59(90)68(101)82-40(3)60(93)83-48-25-23-47(72)24-26-48)87-63(96)53(16-9-29-78-70(74)75)84-65(98)56(35-42-20-27-49(92)28-21-42)88-67(100)58(38-91)89-66(99)57(36-46-37-80-52-15-8-7-14-50(46)52)86-61(94)41(4)81-62(95)51(73)34-43-19-22-44-12-5-6-13-45(44)33-43/h5-8,12-15,19-28,33,37,39-41,51,53-59,80,91-92H,9-11,16-18,29-32,34-36,38,73H2,1-4H3,(H,81,95)(H,82,101)(H,83,93)(H,84,98)(H,85,97)(H,86,94)(H,87,96)(H,88,100)(H,89,99)(H4,74,75,78)(H4,76,77,79)/t40-,41+,51+,53-,54+,55+,56+,57-,58+,59+/m1/s1. The van der Waals surface area contributed by atoms with Crippen LogP contribution in [0, 0.1) is 5.92 Å². The Labute approximate surface area is 595 Å². The van der Waals surface area contributed by atoms with E-state index in [1.165, 1.54) is 43.0 Å². The number of rotatable bonds is 36. The van der Waals surface area contributed by atoms with E-state index in [0.29, 0.717) is 39.2 Å². The zero-order valence-electron chi connectivity index (χ0n) is 57.4. The smallest absolute Gasteiger partial charge is 0.246 e. The van der Waals surface area contributed by atoms with Gasteiger partial charge in [0.25, 0.3) is 0 Å². The molecule has 0 unspecified atom stereocenters. The number of aromatic nitrogens is 1. The van der Waals surface area contributed by atoms with Crippen molar-refractivity contribution in [1.29, 1.82) is 0 Å². The Morgan fingerprint density at radius 2 is 1.11 bits per heavy atom. The second-order valence-electron chi connectivity index (χ2n) is 25.6. The Morgan fingerprint density at radius 3 is 1.76 bits per heavy atom. The highest BCUT2D eigenvalue weighted by Crippen LogP contribution is 2.24. The van der Waals surface area contributed by atoms with Gasteiger partial charge in [0.05, 0.1) is 12.6 Å². The summed E-state index contributed by atoms with van der Waals surface area (Å²) >= 11 is 6.00. The number of para-hydroxylation sites is 1. The first kappa shape index (κ1) is 78.5. The number of fused-ring (bicyclic) bond motifs is 2. The lowest BCUT2D eigenvalue weighted by Gasteiger charge is -2.31. The maximum atomic E-state index is 14.9. The van der Waals surface area contributed by atoms with E-state index in [-0.39, 0.29) is 101 Å². The number of hydrogen-bond donors (Lipinski definition) is 17. The Kier molecular flexibility index (Phi) is 29.3. The fraction of sp³-hybridized carbons (Fsp3) is 0.408. The summed E-state index contributed by atoms with van der Waals surface area (Å²) in [7, 11) is 0. The lowest BCUT2D eigenvalue weighted by Crippen LogP contribution is -2.61. The van der Waals surface area contributed by atoms with Crippen molar-refractivity contribution in [3.8, 4) is 5.75 Å². The quantitative estimate of drug-likeness (QED) is 0.0146. The molecule has 22 N–H and O–H groups in total. The summed E-state index contributed by atoms with van der Waals surface area (Å²) in [5.41, 5.74) is 31.8. The summed E-state index contributed by atoms with van der Waals surface area (Å²) in [5.74, 6) is -8.73. The van der Waals surface area contributed by atoms with Gasteiger partial charge in [-0.15, -0.1) is 0 Å². The Hall–Kier alpha value is -10.9. The van der Waals surface area contributed by atoms with Gasteiger partial charge >= 0.3 is 0 Å². The number of nitrogens with one attached hydrogen (secondary N) is 10. The van der Waals surface area contributed by atoms with Gasteiger partial charge in [0.15, 0.2) is 11.9 Å². The van der Waals surface area contributed by atoms with Crippen molar-refractivity contribution in [2.75, 3.05) is 31.6 Å². The lowest BCUT2D eigenvalue weighted by molar-refractivity contribution is -0.142. The van der Waals surface area contributed by atoms with Crippen LogP contribution in [0.2, 0.25) is 5.02 Å². The molecule has 0 radical (unpaired) electrons. The van der Waals surface area contributed by atoms with Crippen molar-refractivity contribution in [1.82, 2.24) is 52.4 Å². The molecule has 0 bridgehead atoms. The number of nitrogens with zero attached hydrogens (tertiary/aromatic N) is 3. The van der Waals surface area contributed by atoms with Crippen LogP contribution in [0.5, 0.6) is 5.75 Å². The highest BCUT2D eigenvalue weighted by atomic mass is 35.5. The van der Waals surface area contributed by atoms with Gasteiger partial charge in [-0.25, -0.2) is 0 Å². The molecule has 102 heavy (non-hydrogen) atoms. The summed E-state index contributed by atoms with van der Waals surface area (Å²) in [6.45, 7) is 5.61. The van der Waals surface area contributed by atoms with Crippen LogP contribution in [0.3, 0.4) is 0 Å². The number of halogens is 1. The number of carbonyl (C=O) groups is 10. The van der Waals surface area contributed by atoms with Crippen LogP contribution in [-0.2, 0) is 67.2 Å². The number of aromatic amines is 1. The summed E-state index contributed by atoms with van der Waals surface area (Å²) < 4.78 is 0. The summed E-state index contributed by atoms with van der Waals surface area (Å²) in [5, 5.41) is 48.2. The lowest BCUT2D eigenvalue weighted by atomic mass is 10.00. The van der Waals surface area contributed by atoms with E-state index in [1.807, 2.05) is 48.5 Å². The molecule has 0 spiro atoms. The molecule has 1 fully saturated rings. The number of carbonyl (C=O) groups excluding carboxylic acids is 10. The van der Waals surface area contributed by atoms with Crippen LogP contribution in [0.25, 0.3) is 21.7 Å². The largest absolute Gasteiger partial charge is 0.508 e. The monoisotopic (exact) mass is 1420 g/mol. The van der Waals surface area contributed by atoms with Crippen molar-refractivity contribution in [3.63, 3.8) is 0 Å². The van der Waals surface area contributed by atoms with Gasteiger partial charge in [-0.3, -0.25) is 57.9 Å². The molecule has 7 rings (SSSR count). The molecule has 31 heteroatoms. The van der Waals surface area contributed by atoms with E-state index in [0.717, 1.165) is 16.3 Å². The average Bonchev–Trinajstić information content (AvgIpc) is 1.61. The fourth-order valence-corrected chi connectivity index (χ4v) is 11.8. The second kappa shape index (κ2) is 38.1. The molecule has 2 heterocycles. The Morgan fingerprint density at radius 1 is 0.569 bits per heavy atom. The molecule has 5 aromatic carbocycles. The van der Waals surface area contributed by atoms with Gasteiger partial charge < -0.3 is 96.6 Å². The molecule has 10 atom stereocenters. The molecule has 0 saturated carbocycles. The molecule has 0 aliphatic carbocycles. The SMILES string of the molecule is CC(C)C[C@H](NC(=O)[C@@H](CCCN=C(N)N)NC(=O)[C@H](Cc1ccc(O)cc1)NC(=O)[C@H](CO)NC(=O)[C@@H](Cc1c[nH]c2ccccc12)NC(=O)[C@H](C)NC(=O)[C@@H](N)Cc1ccc2ccccc2c1)C(=O)N[C@@H](CCCN=C(N)N)C(=O)N1CCC[C@H]1C(=O)N[C@H](C)C(=O)Nc1ccc(Cl)cc1. The number of likely N-dealkylation sites (tertiary alicyclic amines) is 1. The number of benzene rings is 5. The van der Waals surface area contributed by atoms with Crippen molar-refractivity contribution >= 4 is 110 Å². The number of nitrogens with two attached hydrogens (primary N) is 5. The van der Waals surface area contributed by atoms with E-state index in [4.69, 9.17) is 40.3 Å². The number of H-pyrrole nitrogens is 1. The van der Waals surface area contributed by atoms with Crippen LogP contribution in [0.15, 0.2) is 131 Å². The first-order valence-electron chi connectivity index (χ1n) is 33.7. The van der Waals surface area contributed by atoms with E-state index in [1.54, 1.807) is 62.5 Å². The van der Waals surface area contributed by atoms with Gasteiger partial charge in [-0.1, -0.05) is 98.2 Å². The first-order valence-corrected chi connectivity index (χ1v) is 34.1. The maximum absolute atomic E-state index is 14.9. The van der Waals surface area contributed by atoms with Crippen molar-refractivity contribution in [2.24, 2.45) is 44.6 Å². The molecule has 1 aromatic heterocycles. The Balaban J connectivity index is 1.08. The number of anilines is 1. The highest BCUT2D eigenvalue weighted by molar-refractivity contribution is 6.30. The summed E-state index contributed by atoms with van der Waals surface area (Å²) in [6, 6.07) is 19.3. The summed E-state index contributed by atoms with van der Waals surface area (Å²) in [6.07, 6.45) is 2.07. The molecule has 30 nitrogen and oxygen atoms in total. The second-order valence-corrected chi connectivity index (χ2v) is 26.1. The number of phenolic OH excluding ortho intramolecular Hbond substituents is 1. The molecule has 6 aromatic rings. The average molecular weight is 1430 g/mol. The molecule has 1 saturated heterocycles. The fourth-order valence-electron chi connectivity index (χ4n) is 11.7. The normalized spacial score (nSPS) is 15.3. The predicted octanol–water partition coefficient (Wildman–Crippen LogP) is 0.729. The molecular formula is C71H93ClN18O12. The third-order valence-electron chi connectivity index (χ3n) is 17.1. The van der Waals surface area contributed by atoms with Crippen molar-refractivity contribution in [2.45, 2.75) is 152 Å². The summed E-state index contributed by atoms with van der Waals surface area (Å²) in [4.78, 5) is 155. The number of guanidine groups is 2. The molecule has 1 aliphatic heterocycles. The maximum Gasteiger partial charge on any atom is 0.246 e. The first-order chi connectivity index (χ1) is 48.7. The minimum atomic E-state index is -1.78. The Bertz CT molecular complexity index is 3980. The number of phenols is 1. The van der Waals surface area contributed by atoms with E-state index >= 15 is 0 Å². The van der Waals surface area contributed by atoms with E-state index in [2.05, 4.69) is 62.8 Å². The number of hydrogen-bond acceptors (Lipinski definition) is 15. The van der Waals surface area contributed by atoms with E-state index in [9.17, 15) is 58.2 Å². The topological polar surface area (TPSA) is 493 Å². The minimum Gasteiger partial charge on any atom is -0.508 e. The van der Waals surface area contributed by atoms with Crippen LogP contribution < -0.4 is 76.5 Å². The van der Waals surface area contributed by atoms with Gasteiger partial charge in [0.1, 0.15) is 60.1 Å². The zero-order chi connectivity index (χ0) is 74.2. The number of aliphatic imine (C=N–C) groups is 2. The van der Waals surface area contributed by atoms with Crippen LogP contribution in [0.4, 0.5) is 5.69 Å². The predicted molar refractivity (Wildman–Crippen MR) is 387 cm³/mol. The third kappa shape index (κ3) is 23.6. The van der Waals surface area contributed by atoms with Gasteiger partial charge in [-0.2, -0.15) is 0 Å². The van der Waals surface area contributed by atoms with Crippen molar-refractivity contribution in [3.05, 3.63) is 143 Å². The number of amides is 10. The zero-order valence-corrected chi connectivity index (χ0v) is 58.1. The third-order valence-corrected chi connectivity index (χ3v) is 17.3. The number of aliphatic hydroxyl groups is 1. The van der Waals surface area contributed by atoms with Crippen LogP contribution in [0.1, 0.15) is 89.3 Å². The van der Waals surface area contributed by atoms with Gasteiger partial charge in [-0.05, 0) is 141 Å². The molecular weight excluding hydrogens is 1330 g/mol. The minimum absolute atomic E-state index is 0.00358. The molecule has 546 valence electrons. The highest BCUT2D eigenvalue weighted by Gasteiger charge is 2.40. The number of aromatic hydroxyl groups is 1. The molecule has 1 aliphatic rings. The number of aliphatic hydroxyl groups excluding tert-OH is 1. The van der Waals surface area contributed by atoms with Gasteiger partial charge in [0.2, 0.25) is 59.1 Å². The van der Waals surface area contributed by atoms with Crippen LogP contribution in [-0.4, -0.2) is 178 Å². The van der Waals surface area contributed by atoms with Gasteiger partial charge in [0, 0.05) is 60.3 Å². The van der Waals surface area contributed by atoms with Crippen LogP contribution >= 0.6 is 11.6 Å². The van der Waals surface area contributed by atoms with Crippen molar-refractivity contribution < 1.29 is 58.2 Å². The molecule has 10 amide bonds. The van der Waals surface area contributed by atoms with E-state index < -0.39 is 126 Å².